The fraction of sp³-hybridized carbons (Fsp3) is 0.462. The van der Waals surface area contributed by atoms with Crippen LogP contribution >= 0.6 is 0 Å². The van der Waals surface area contributed by atoms with Crippen molar-refractivity contribution in [1.29, 1.82) is 0 Å². The van der Waals surface area contributed by atoms with E-state index in [4.69, 9.17) is 4.74 Å². The van der Waals surface area contributed by atoms with Crippen LogP contribution in [0.1, 0.15) is 58.6 Å². The van der Waals surface area contributed by atoms with Crippen LogP contribution in [0.3, 0.4) is 0 Å². The average molecular weight is 419 g/mol. The minimum Gasteiger partial charge on any atom is -0.383 e. The number of fused-ring (bicyclic) bond motifs is 2. The van der Waals surface area contributed by atoms with E-state index >= 15 is 0 Å². The Morgan fingerprint density at radius 1 is 1.06 bits per heavy atom. The molecule has 2 aliphatic heterocycles. The lowest BCUT2D eigenvalue weighted by molar-refractivity contribution is -0.138. The van der Waals surface area contributed by atoms with Gasteiger partial charge in [-0.05, 0) is 42.0 Å². The molecule has 1 spiro atoms. The highest BCUT2D eigenvalue weighted by atomic mass is 16.5. The highest BCUT2D eigenvalue weighted by molar-refractivity contribution is 6.02. The lowest BCUT2D eigenvalue weighted by Crippen LogP contribution is -2.61. The first kappa shape index (κ1) is 20.3. The Morgan fingerprint density at radius 2 is 1.77 bits per heavy atom. The summed E-state index contributed by atoms with van der Waals surface area (Å²) in [5.41, 5.74) is 3.71. The van der Waals surface area contributed by atoms with E-state index in [9.17, 15) is 9.59 Å². The predicted octanol–water partition coefficient (Wildman–Crippen LogP) is 3.77. The van der Waals surface area contributed by atoms with Crippen LogP contribution in [0.15, 0.2) is 48.5 Å². The average Bonchev–Trinajstić information content (AvgIpc) is 3.28. The molecule has 1 saturated carbocycles. The molecule has 2 aromatic carbocycles. The summed E-state index contributed by atoms with van der Waals surface area (Å²) >= 11 is 0. The third-order valence-corrected chi connectivity index (χ3v) is 7.50. The summed E-state index contributed by atoms with van der Waals surface area (Å²) in [5.74, 6) is -0.104. The minimum absolute atomic E-state index is 0.0441. The lowest BCUT2D eigenvalue weighted by atomic mass is 9.70. The standard InChI is InChI=1S/C26H30N2O3/c1-31-17-16-28-24(29)22-11-5-4-10-21(22)23(26(28)13-6-7-14-26)25(30)27-15-12-19-8-2-3-9-20(19)18-27/h2-5,8-11,23H,6-7,12-18H2,1H3/t23-/m1/s1. The molecule has 31 heavy (non-hydrogen) atoms. The van der Waals surface area contributed by atoms with Crippen LogP contribution in [0.25, 0.3) is 0 Å². The maximum Gasteiger partial charge on any atom is 0.254 e. The number of rotatable bonds is 4. The Morgan fingerprint density at radius 3 is 2.55 bits per heavy atom. The zero-order chi connectivity index (χ0) is 21.4. The Hall–Kier alpha value is -2.66. The maximum atomic E-state index is 14.2. The van der Waals surface area contributed by atoms with E-state index in [2.05, 4.69) is 18.2 Å². The highest BCUT2D eigenvalue weighted by Crippen LogP contribution is 2.51. The lowest BCUT2D eigenvalue weighted by Gasteiger charge is -2.51. The molecule has 0 unspecified atom stereocenters. The van der Waals surface area contributed by atoms with Crippen molar-refractivity contribution >= 4 is 11.8 Å². The molecule has 0 N–H and O–H groups in total. The quantitative estimate of drug-likeness (QED) is 0.760. The molecule has 3 aliphatic rings. The first-order valence-electron chi connectivity index (χ1n) is 11.4. The third-order valence-electron chi connectivity index (χ3n) is 7.50. The van der Waals surface area contributed by atoms with Gasteiger partial charge in [-0.1, -0.05) is 55.3 Å². The van der Waals surface area contributed by atoms with Crippen molar-refractivity contribution in [3.8, 4) is 0 Å². The van der Waals surface area contributed by atoms with Gasteiger partial charge in [0.15, 0.2) is 0 Å². The molecule has 5 heteroatoms. The Kier molecular flexibility index (Phi) is 5.30. The van der Waals surface area contributed by atoms with Crippen molar-refractivity contribution in [2.24, 2.45) is 0 Å². The normalized spacial score (nSPS) is 21.8. The van der Waals surface area contributed by atoms with E-state index in [1.165, 1.54) is 11.1 Å². The predicted molar refractivity (Wildman–Crippen MR) is 119 cm³/mol. The summed E-state index contributed by atoms with van der Waals surface area (Å²) in [7, 11) is 1.66. The van der Waals surface area contributed by atoms with Gasteiger partial charge in [-0.25, -0.2) is 0 Å². The van der Waals surface area contributed by atoms with Gasteiger partial charge in [-0.15, -0.1) is 0 Å². The molecule has 5 rings (SSSR count). The SMILES string of the molecule is COCCN1C(=O)c2ccccc2[C@H](C(=O)N2CCc3ccccc3C2)C12CCCC2. The smallest absolute Gasteiger partial charge is 0.254 e. The molecule has 2 heterocycles. The van der Waals surface area contributed by atoms with Crippen molar-refractivity contribution in [2.45, 2.75) is 50.1 Å². The van der Waals surface area contributed by atoms with Crippen LogP contribution in [0.4, 0.5) is 0 Å². The Bertz CT molecular complexity index is 996. The molecule has 2 aromatic rings. The van der Waals surface area contributed by atoms with Gasteiger partial charge >= 0.3 is 0 Å². The minimum atomic E-state index is -0.446. The molecule has 0 radical (unpaired) electrons. The van der Waals surface area contributed by atoms with Crippen LogP contribution in [0, 0.1) is 0 Å². The number of carbonyl (C=O) groups is 2. The van der Waals surface area contributed by atoms with E-state index in [0.717, 1.165) is 44.2 Å². The Balaban J connectivity index is 1.57. The Labute approximate surface area is 184 Å². The highest BCUT2D eigenvalue weighted by Gasteiger charge is 2.56. The van der Waals surface area contributed by atoms with Gasteiger partial charge < -0.3 is 14.5 Å². The molecule has 162 valence electrons. The molecule has 0 saturated heterocycles. The molecule has 1 atom stereocenters. The monoisotopic (exact) mass is 418 g/mol. The second-order valence-corrected chi connectivity index (χ2v) is 9.06. The van der Waals surface area contributed by atoms with E-state index in [-0.39, 0.29) is 17.7 Å². The van der Waals surface area contributed by atoms with E-state index in [0.29, 0.717) is 25.3 Å². The van der Waals surface area contributed by atoms with Crippen LogP contribution in [0.2, 0.25) is 0 Å². The van der Waals surface area contributed by atoms with Crippen molar-refractivity contribution < 1.29 is 14.3 Å². The summed E-state index contributed by atoms with van der Waals surface area (Å²) in [6.45, 7) is 2.39. The largest absolute Gasteiger partial charge is 0.383 e. The van der Waals surface area contributed by atoms with Gasteiger partial charge in [0.1, 0.15) is 0 Å². The molecule has 1 aliphatic carbocycles. The summed E-state index contributed by atoms with van der Waals surface area (Å²) in [6.07, 6.45) is 4.72. The second kappa shape index (κ2) is 8.12. The number of hydrogen-bond donors (Lipinski definition) is 0. The number of amides is 2. The van der Waals surface area contributed by atoms with Crippen molar-refractivity contribution in [3.63, 3.8) is 0 Å². The molecule has 5 nitrogen and oxygen atoms in total. The number of benzene rings is 2. The number of methoxy groups -OCH3 is 1. The molecule has 0 bridgehead atoms. The van der Waals surface area contributed by atoms with Crippen molar-refractivity contribution in [2.75, 3.05) is 26.8 Å². The van der Waals surface area contributed by atoms with Crippen LogP contribution in [-0.4, -0.2) is 54.0 Å². The number of hydrogen-bond acceptors (Lipinski definition) is 3. The van der Waals surface area contributed by atoms with Gasteiger partial charge in [0.25, 0.3) is 5.91 Å². The topological polar surface area (TPSA) is 49.9 Å². The molecular weight excluding hydrogens is 388 g/mol. The fourth-order valence-corrected chi connectivity index (χ4v) is 6.02. The second-order valence-electron chi connectivity index (χ2n) is 9.06. The number of ether oxygens (including phenoxy) is 1. The maximum absolute atomic E-state index is 14.2. The van der Waals surface area contributed by atoms with Gasteiger partial charge in [-0.3, -0.25) is 9.59 Å². The molecule has 1 fully saturated rings. The van der Waals surface area contributed by atoms with Crippen LogP contribution in [-0.2, 0) is 22.5 Å². The zero-order valence-corrected chi connectivity index (χ0v) is 18.2. The van der Waals surface area contributed by atoms with E-state index in [1.807, 2.05) is 40.1 Å². The first-order valence-corrected chi connectivity index (χ1v) is 11.4. The first-order chi connectivity index (χ1) is 15.2. The number of carbonyl (C=O) groups excluding carboxylic acids is 2. The summed E-state index contributed by atoms with van der Waals surface area (Å²) in [6, 6.07) is 16.2. The van der Waals surface area contributed by atoms with Crippen molar-refractivity contribution in [3.05, 3.63) is 70.8 Å². The van der Waals surface area contributed by atoms with Gasteiger partial charge in [0, 0.05) is 32.3 Å². The van der Waals surface area contributed by atoms with E-state index in [1.54, 1.807) is 7.11 Å². The zero-order valence-electron chi connectivity index (χ0n) is 18.2. The third kappa shape index (κ3) is 3.26. The molecule has 2 amide bonds. The van der Waals surface area contributed by atoms with Gasteiger partial charge in [0.05, 0.1) is 18.1 Å². The van der Waals surface area contributed by atoms with Crippen molar-refractivity contribution in [1.82, 2.24) is 9.80 Å². The summed E-state index contributed by atoms with van der Waals surface area (Å²) in [4.78, 5) is 31.7. The van der Waals surface area contributed by atoms with Crippen LogP contribution < -0.4 is 0 Å². The molecule has 0 aromatic heterocycles. The summed E-state index contributed by atoms with van der Waals surface area (Å²) in [5, 5.41) is 0. The number of nitrogens with zero attached hydrogens (tertiary/aromatic N) is 2. The molecular formula is C26H30N2O3. The van der Waals surface area contributed by atoms with Gasteiger partial charge in [-0.2, -0.15) is 0 Å². The van der Waals surface area contributed by atoms with Crippen LogP contribution in [0.5, 0.6) is 0 Å². The van der Waals surface area contributed by atoms with E-state index < -0.39 is 5.54 Å². The van der Waals surface area contributed by atoms with Gasteiger partial charge in [0.2, 0.25) is 5.91 Å². The summed E-state index contributed by atoms with van der Waals surface area (Å²) < 4.78 is 5.35. The fourth-order valence-electron chi connectivity index (χ4n) is 6.02.